The predicted octanol–water partition coefficient (Wildman–Crippen LogP) is 3.71. The van der Waals surface area contributed by atoms with Crippen molar-refractivity contribution in [3.63, 3.8) is 0 Å². The minimum atomic E-state index is -1.15. The van der Waals surface area contributed by atoms with Crippen LogP contribution in [0.2, 0.25) is 0 Å². The summed E-state index contributed by atoms with van der Waals surface area (Å²) in [7, 11) is 0. The summed E-state index contributed by atoms with van der Waals surface area (Å²) in [6, 6.07) is 7.51. The number of amides is 1. The van der Waals surface area contributed by atoms with Crippen LogP contribution in [0.4, 0.5) is 4.79 Å². The van der Waals surface area contributed by atoms with E-state index in [1.165, 1.54) is 16.7 Å². The third-order valence-corrected chi connectivity index (χ3v) is 5.81. The van der Waals surface area contributed by atoms with Crippen molar-refractivity contribution in [2.75, 3.05) is 5.75 Å². The van der Waals surface area contributed by atoms with E-state index in [-0.39, 0.29) is 0 Å². The highest BCUT2D eigenvalue weighted by Gasteiger charge is 2.40. The Labute approximate surface area is 157 Å². The van der Waals surface area contributed by atoms with Crippen LogP contribution in [0.15, 0.2) is 35.5 Å². The fourth-order valence-electron chi connectivity index (χ4n) is 3.37. The standard InChI is InChI=1S/C19H25N3O3S/c1-18(2,3)22(17(23)24)15(16-21-19(4,25)11-26-16)9-12-10-20-14-8-6-5-7-13(12)14/h5-8,10,15,20,25H,9,11H2,1-4H3,(H,23,24)/t15-,19?/m1/s1. The minimum absolute atomic E-state index is 0.435. The molecule has 26 heavy (non-hydrogen) atoms. The van der Waals surface area contributed by atoms with Gasteiger partial charge in [-0.25, -0.2) is 9.79 Å². The van der Waals surface area contributed by atoms with Crippen LogP contribution in [-0.2, 0) is 6.42 Å². The predicted molar refractivity (Wildman–Crippen MR) is 106 cm³/mol. The Bertz CT molecular complexity index is 851. The second kappa shape index (κ2) is 6.63. The van der Waals surface area contributed by atoms with Gasteiger partial charge in [0.1, 0.15) is 0 Å². The number of nitrogens with zero attached hydrogens (tertiary/aromatic N) is 2. The summed E-state index contributed by atoms with van der Waals surface area (Å²) in [5.41, 5.74) is 0.309. The summed E-state index contributed by atoms with van der Waals surface area (Å²) in [6.45, 7) is 7.28. The number of H-pyrrole nitrogens is 1. The zero-order valence-electron chi connectivity index (χ0n) is 15.5. The number of aliphatic imine (C=N–C) groups is 1. The number of aromatic amines is 1. The fraction of sp³-hybridized carbons (Fsp3) is 0.474. The number of carbonyl (C=O) groups is 1. The Morgan fingerprint density at radius 3 is 2.69 bits per heavy atom. The lowest BCUT2D eigenvalue weighted by Gasteiger charge is -2.39. The highest BCUT2D eigenvalue weighted by molar-refractivity contribution is 8.14. The van der Waals surface area contributed by atoms with Crippen molar-refractivity contribution >= 4 is 33.8 Å². The largest absolute Gasteiger partial charge is 0.465 e. The van der Waals surface area contributed by atoms with Crippen molar-refractivity contribution in [2.45, 2.75) is 51.4 Å². The molecule has 0 bridgehead atoms. The Morgan fingerprint density at radius 2 is 2.12 bits per heavy atom. The topological polar surface area (TPSA) is 88.9 Å². The van der Waals surface area contributed by atoms with Gasteiger partial charge in [-0.15, -0.1) is 11.8 Å². The van der Waals surface area contributed by atoms with E-state index >= 15 is 0 Å². The first kappa shape index (κ1) is 18.8. The van der Waals surface area contributed by atoms with Gasteiger partial charge < -0.3 is 15.2 Å². The van der Waals surface area contributed by atoms with Crippen LogP contribution < -0.4 is 0 Å². The summed E-state index contributed by atoms with van der Waals surface area (Å²) in [4.78, 5) is 21.2. The first-order valence-corrected chi connectivity index (χ1v) is 9.59. The number of aromatic nitrogens is 1. The molecule has 0 saturated heterocycles. The van der Waals surface area contributed by atoms with Crippen molar-refractivity contribution in [3.05, 3.63) is 36.0 Å². The van der Waals surface area contributed by atoms with Gasteiger partial charge in [0.2, 0.25) is 0 Å². The SMILES string of the molecule is CC1(O)CSC([C@@H](Cc2c[nH]c3ccccc23)N(C(=O)O)C(C)(C)C)=N1. The van der Waals surface area contributed by atoms with E-state index in [1.54, 1.807) is 6.92 Å². The lowest BCUT2D eigenvalue weighted by atomic mass is 9.98. The first-order valence-electron chi connectivity index (χ1n) is 8.61. The molecule has 2 atom stereocenters. The first-order chi connectivity index (χ1) is 12.1. The normalized spacial score (nSPS) is 21.7. The van der Waals surface area contributed by atoms with Crippen LogP contribution in [-0.4, -0.2) is 54.3 Å². The summed E-state index contributed by atoms with van der Waals surface area (Å²) in [6.07, 6.45) is 1.44. The number of fused-ring (bicyclic) bond motifs is 1. The zero-order chi connectivity index (χ0) is 19.1. The van der Waals surface area contributed by atoms with Gasteiger partial charge in [0, 0.05) is 34.8 Å². The van der Waals surface area contributed by atoms with Gasteiger partial charge in [-0.05, 0) is 39.3 Å². The Kier molecular flexibility index (Phi) is 4.79. The molecule has 1 aliphatic heterocycles. The molecule has 3 N–H and O–H groups in total. The average molecular weight is 375 g/mol. The van der Waals surface area contributed by atoms with Crippen LogP contribution in [0.25, 0.3) is 10.9 Å². The van der Waals surface area contributed by atoms with E-state index in [0.717, 1.165) is 16.5 Å². The number of hydrogen-bond acceptors (Lipinski definition) is 4. The van der Waals surface area contributed by atoms with Crippen LogP contribution >= 0.6 is 11.8 Å². The van der Waals surface area contributed by atoms with Gasteiger partial charge >= 0.3 is 6.09 Å². The Morgan fingerprint density at radius 1 is 1.42 bits per heavy atom. The lowest BCUT2D eigenvalue weighted by molar-refractivity contribution is 0.0842. The van der Waals surface area contributed by atoms with E-state index in [9.17, 15) is 15.0 Å². The van der Waals surface area contributed by atoms with Crippen molar-refractivity contribution in [3.8, 4) is 0 Å². The number of para-hydroxylation sites is 1. The fourth-order valence-corrected chi connectivity index (χ4v) is 4.50. The number of rotatable bonds is 4. The molecular formula is C19H25N3O3S. The molecule has 7 heteroatoms. The molecule has 6 nitrogen and oxygen atoms in total. The third-order valence-electron chi connectivity index (χ3n) is 4.46. The van der Waals surface area contributed by atoms with Gasteiger partial charge in [-0.2, -0.15) is 0 Å². The van der Waals surface area contributed by atoms with E-state index in [4.69, 9.17) is 0 Å². The summed E-state index contributed by atoms with van der Waals surface area (Å²) < 4.78 is 0. The number of aliphatic hydroxyl groups is 1. The molecule has 0 aliphatic carbocycles. The van der Waals surface area contributed by atoms with Gasteiger partial charge in [-0.1, -0.05) is 18.2 Å². The quantitative estimate of drug-likeness (QED) is 0.760. The highest BCUT2D eigenvalue weighted by atomic mass is 32.2. The molecule has 1 aromatic heterocycles. The average Bonchev–Trinajstić information content (AvgIpc) is 3.08. The molecule has 1 unspecified atom stereocenters. The summed E-state index contributed by atoms with van der Waals surface area (Å²) in [5, 5.41) is 21.9. The summed E-state index contributed by atoms with van der Waals surface area (Å²) in [5.74, 6) is 0.435. The number of thioether (sulfide) groups is 1. The van der Waals surface area contributed by atoms with Crippen LogP contribution in [0.5, 0.6) is 0 Å². The van der Waals surface area contributed by atoms with Crippen molar-refractivity contribution in [2.24, 2.45) is 4.99 Å². The Hall–Kier alpha value is -1.99. The van der Waals surface area contributed by atoms with E-state index in [2.05, 4.69) is 9.98 Å². The molecule has 1 aliphatic rings. The third kappa shape index (κ3) is 3.73. The molecule has 0 saturated carbocycles. The van der Waals surface area contributed by atoms with Gasteiger partial charge in [0.15, 0.2) is 5.72 Å². The van der Waals surface area contributed by atoms with Crippen LogP contribution in [0.3, 0.4) is 0 Å². The molecule has 1 amide bonds. The second-order valence-corrected chi connectivity index (χ2v) is 8.85. The van der Waals surface area contributed by atoms with Crippen molar-refractivity contribution < 1.29 is 15.0 Å². The molecule has 2 aromatic rings. The summed E-state index contributed by atoms with van der Waals surface area (Å²) >= 11 is 1.43. The number of hydrogen-bond donors (Lipinski definition) is 3. The molecular weight excluding hydrogens is 350 g/mol. The maximum absolute atomic E-state index is 12.1. The van der Waals surface area contributed by atoms with E-state index in [0.29, 0.717) is 17.2 Å². The van der Waals surface area contributed by atoms with E-state index in [1.807, 2.05) is 51.2 Å². The number of benzene rings is 1. The Balaban J connectivity index is 2.04. The number of nitrogens with one attached hydrogen (secondary N) is 1. The zero-order valence-corrected chi connectivity index (χ0v) is 16.3. The smallest absolute Gasteiger partial charge is 0.408 e. The van der Waals surface area contributed by atoms with Gasteiger partial charge in [0.25, 0.3) is 0 Å². The van der Waals surface area contributed by atoms with Crippen LogP contribution in [0, 0.1) is 0 Å². The van der Waals surface area contributed by atoms with Crippen molar-refractivity contribution in [1.29, 1.82) is 0 Å². The van der Waals surface area contributed by atoms with Crippen LogP contribution in [0.1, 0.15) is 33.3 Å². The molecule has 0 spiro atoms. The maximum atomic E-state index is 12.1. The lowest BCUT2D eigenvalue weighted by Crippen LogP contribution is -2.54. The molecule has 0 radical (unpaired) electrons. The minimum Gasteiger partial charge on any atom is -0.465 e. The molecule has 1 aromatic carbocycles. The maximum Gasteiger partial charge on any atom is 0.408 e. The van der Waals surface area contributed by atoms with E-state index < -0.39 is 23.4 Å². The number of carboxylic acid groups (broad SMARTS) is 1. The molecule has 3 rings (SSSR count). The van der Waals surface area contributed by atoms with Gasteiger partial charge in [-0.3, -0.25) is 4.90 Å². The molecule has 140 valence electrons. The monoisotopic (exact) mass is 375 g/mol. The van der Waals surface area contributed by atoms with Crippen molar-refractivity contribution in [1.82, 2.24) is 9.88 Å². The highest BCUT2D eigenvalue weighted by Crippen LogP contribution is 2.33. The molecule has 2 heterocycles. The second-order valence-electron chi connectivity index (χ2n) is 7.86. The molecule has 0 fully saturated rings. The van der Waals surface area contributed by atoms with Gasteiger partial charge in [0.05, 0.1) is 11.1 Å².